The number of rotatable bonds is 5. The molecule has 1 aromatic heterocycles. The molecule has 2 aromatic carbocycles. The number of benzene rings is 2. The van der Waals surface area contributed by atoms with Gasteiger partial charge in [0.2, 0.25) is 0 Å². The molecule has 5 N–H and O–H groups in total. The summed E-state index contributed by atoms with van der Waals surface area (Å²) in [4.78, 5) is 25.0. The number of nitrogens with one attached hydrogen (secondary N) is 1. The largest absolute Gasteiger partial charge is 0.480 e. The molecule has 0 radical (unpaired) electrons. The van der Waals surface area contributed by atoms with Gasteiger partial charge in [-0.3, -0.25) is 4.79 Å². The summed E-state index contributed by atoms with van der Waals surface area (Å²) in [6.07, 6.45) is 2.00. The molecule has 0 saturated carbocycles. The fourth-order valence-electron chi connectivity index (χ4n) is 2.66. The van der Waals surface area contributed by atoms with Gasteiger partial charge < -0.3 is 20.9 Å². The number of carboxylic acid groups (broad SMARTS) is 2. The first-order valence-electron chi connectivity index (χ1n) is 7.38. The topological polar surface area (TPSA) is 116 Å². The maximum atomic E-state index is 11.0. The molecule has 6 heteroatoms. The minimum atomic E-state index is -1.04. The molecule has 0 bridgehead atoms. The number of aromatic nitrogens is 1. The van der Waals surface area contributed by atoms with E-state index in [2.05, 4.69) is 4.98 Å². The van der Waals surface area contributed by atoms with Crippen LogP contribution in [0.5, 0.6) is 0 Å². The Labute approximate surface area is 137 Å². The van der Waals surface area contributed by atoms with Crippen LogP contribution in [0.3, 0.4) is 0 Å². The normalized spacial score (nSPS) is 12.2. The molecule has 0 aliphatic heterocycles. The number of hydrogen-bond acceptors (Lipinski definition) is 3. The molecule has 1 atom stereocenters. The second kappa shape index (κ2) is 6.17. The summed E-state index contributed by atoms with van der Waals surface area (Å²) in [7, 11) is 0. The monoisotopic (exact) mass is 324 g/mol. The van der Waals surface area contributed by atoms with E-state index in [0.717, 1.165) is 27.6 Å². The minimum Gasteiger partial charge on any atom is -0.480 e. The first kappa shape index (κ1) is 15.8. The van der Waals surface area contributed by atoms with E-state index in [-0.39, 0.29) is 12.0 Å². The highest BCUT2D eigenvalue weighted by atomic mass is 16.4. The van der Waals surface area contributed by atoms with Crippen LogP contribution in [0.25, 0.3) is 22.0 Å². The van der Waals surface area contributed by atoms with Crippen LogP contribution in [-0.2, 0) is 11.2 Å². The lowest BCUT2D eigenvalue weighted by molar-refractivity contribution is -0.138. The Morgan fingerprint density at radius 3 is 2.33 bits per heavy atom. The summed E-state index contributed by atoms with van der Waals surface area (Å²) in [5.74, 6) is -2.00. The average Bonchev–Trinajstić information content (AvgIpc) is 2.97. The fraction of sp³-hybridized carbons (Fsp3) is 0.111. The Balaban J connectivity index is 1.98. The predicted molar refractivity (Wildman–Crippen MR) is 90.0 cm³/mol. The van der Waals surface area contributed by atoms with Crippen molar-refractivity contribution in [3.63, 3.8) is 0 Å². The summed E-state index contributed by atoms with van der Waals surface area (Å²) in [5, 5.41) is 18.8. The van der Waals surface area contributed by atoms with Crippen LogP contribution in [0.2, 0.25) is 0 Å². The molecule has 0 aliphatic carbocycles. The third-order valence-electron chi connectivity index (χ3n) is 3.99. The van der Waals surface area contributed by atoms with Gasteiger partial charge in [-0.1, -0.05) is 18.2 Å². The van der Waals surface area contributed by atoms with Crippen LogP contribution in [0.1, 0.15) is 15.9 Å². The molecule has 0 fully saturated rings. The van der Waals surface area contributed by atoms with E-state index in [0.29, 0.717) is 0 Å². The highest BCUT2D eigenvalue weighted by molar-refractivity contribution is 5.90. The van der Waals surface area contributed by atoms with Crippen LogP contribution in [0.15, 0.2) is 48.7 Å². The highest BCUT2D eigenvalue weighted by Crippen LogP contribution is 2.27. The second-order valence-corrected chi connectivity index (χ2v) is 5.61. The van der Waals surface area contributed by atoms with Gasteiger partial charge in [0.15, 0.2) is 0 Å². The number of carbonyl (C=O) groups is 2. The van der Waals surface area contributed by atoms with Gasteiger partial charge in [0.05, 0.1) is 5.56 Å². The molecule has 122 valence electrons. The maximum Gasteiger partial charge on any atom is 0.335 e. The first-order chi connectivity index (χ1) is 11.5. The van der Waals surface area contributed by atoms with Crippen molar-refractivity contribution in [3.05, 3.63) is 59.8 Å². The smallest absolute Gasteiger partial charge is 0.335 e. The van der Waals surface area contributed by atoms with E-state index in [1.165, 1.54) is 0 Å². The number of hydrogen-bond donors (Lipinski definition) is 4. The number of H-pyrrole nitrogens is 1. The molecule has 0 amide bonds. The molecule has 3 rings (SSSR count). The molecule has 0 unspecified atom stereocenters. The Bertz CT molecular complexity index is 912. The lowest BCUT2D eigenvalue weighted by atomic mass is 9.99. The third kappa shape index (κ3) is 3.00. The van der Waals surface area contributed by atoms with Crippen molar-refractivity contribution in [2.75, 3.05) is 0 Å². The van der Waals surface area contributed by atoms with Crippen molar-refractivity contribution in [1.82, 2.24) is 4.98 Å². The van der Waals surface area contributed by atoms with Crippen LogP contribution >= 0.6 is 0 Å². The van der Waals surface area contributed by atoms with Gasteiger partial charge in [-0.2, -0.15) is 0 Å². The van der Waals surface area contributed by atoms with Crippen molar-refractivity contribution >= 4 is 22.8 Å². The molecule has 1 heterocycles. The van der Waals surface area contributed by atoms with Crippen LogP contribution in [0.4, 0.5) is 0 Å². The zero-order chi connectivity index (χ0) is 17.3. The van der Waals surface area contributed by atoms with Gasteiger partial charge >= 0.3 is 11.9 Å². The summed E-state index contributed by atoms with van der Waals surface area (Å²) in [5.41, 5.74) is 9.39. The Morgan fingerprint density at radius 2 is 1.71 bits per heavy atom. The maximum absolute atomic E-state index is 11.0. The molecule has 0 aliphatic rings. The van der Waals surface area contributed by atoms with Gasteiger partial charge in [-0.05, 0) is 41.0 Å². The summed E-state index contributed by atoms with van der Waals surface area (Å²) >= 11 is 0. The van der Waals surface area contributed by atoms with E-state index in [4.69, 9.17) is 15.9 Å². The molecular formula is C18H16N2O4. The number of aliphatic carboxylic acids is 1. The zero-order valence-corrected chi connectivity index (χ0v) is 12.7. The van der Waals surface area contributed by atoms with E-state index in [1.54, 1.807) is 30.5 Å². The molecule has 3 aromatic rings. The first-order valence-corrected chi connectivity index (χ1v) is 7.38. The van der Waals surface area contributed by atoms with Crippen LogP contribution in [-0.4, -0.2) is 33.2 Å². The van der Waals surface area contributed by atoms with E-state index >= 15 is 0 Å². The Hall–Kier alpha value is -3.12. The van der Waals surface area contributed by atoms with Gasteiger partial charge in [0, 0.05) is 23.5 Å². The van der Waals surface area contributed by atoms with Crippen molar-refractivity contribution in [1.29, 1.82) is 0 Å². The van der Waals surface area contributed by atoms with Crippen molar-refractivity contribution in [2.45, 2.75) is 12.5 Å². The van der Waals surface area contributed by atoms with Gasteiger partial charge in [0.25, 0.3) is 0 Å². The average molecular weight is 324 g/mol. The van der Waals surface area contributed by atoms with Crippen molar-refractivity contribution in [2.24, 2.45) is 5.73 Å². The standard InChI is InChI=1S/C18H16N2O4/c19-15(18(23)24)8-13-9-20-16-6-5-12(7-14(13)16)10-1-3-11(4-2-10)17(21)22/h1-7,9,15,20H,8,19H2,(H,21,22)(H,23,24)/t15-/m0/s1. The quantitative estimate of drug-likeness (QED) is 0.575. The van der Waals surface area contributed by atoms with E-state index < -0.39 is 18.0 Å². The minimum absolute atomic E-state index is 0.231. The summed E-state index contributed by atoms with van der Waals surface area (Å²) in [6.45, 7) is 0. The van der Waals surface area contributed by atoms with E-state index in [1.807, 2.05) is 18.2 Å². The molecular weight excluding hydrogens is 308 g/mol. The molecule has 0 spiro atoms. The Morgan fingerprint density at radius 1 is 1.04 bits per heavy atom. The van der Waals surface area contributed by atoms with Crippen molar-refractivity contribution in [3.8, 4) is 11.1 Å². The van der Waals surface area contributed by atoms with Crippen LogP contribution in [0, 0.1) is 0 Å². The summed E-state index contributed by atoms with van der Waals surface area (Å²) in [6, 6.07) is 11.4. The Kier molecular flexibility index (Phi) is 4.05. The number of aromatic amines is 1. The molecule has 24 heavy (non-hydrogen) atoms. The number of aromatic carboxylic acids is 1. The van der Waals surface area contributed by atoms with E-state index in [9.17, 15) is 9.59 Å². The fourth-order valence-corrected chi connectivity index (χ4v) is 2.66. The summed E-state index contributed by atoms with van der Waals surface area (Å²) < 4.78 is 0. The molecule has 0 saturated heterocycles. The highest BCUT2D eigenvalue weighted by Gasteiger charge is 2.15. The lowest BCUT2D eigenvalue weighted by Gasteiger charge is -2.07. The van der Waals surface area contributed by atoms with Crippen LogP contribution < -0.4 is 5.73 Å². The number of nitrogens with two attached hydrogens (primary N) is 1. The van der Waals surface area contributed by atoms with Gasteiger partial charge in [0.1, 0.15) is 6.04 Å². The van der Waals surface area contributed by atoms with Gasteiger partial charge in [-0.15, -0.1) is 0 Å². The number of fused-ring (bicyclic) bond motifs is 1. The predicted octanol–water partition coefficient (Wildman–Crippen LogP) is 2.49. The van der Waals surface area contributed by atoms with Crippen molar-refractivity contribution < 1.29 is 19.8 Å². The second-order valence-electron chi connectivity index (χ2n) is 5.61. The molecule has 6 nitrogen and oxygen atoms in total. The zero-order valence-electron chi connectivity index (χ0n) is 12.7. The lowest BCUT2D eigenvalue weighted by Crippen LogP contribution is -2.32. The third-order valence-corrected chi connectivity index (χ3v) is 3.99. The number of carboxylic acids is 2. The SMILES string of the molecule is N[C@@H](Cc1c[nH]c2ccc(-c3ccc(C(=O)O)cc3)cc12)C(=O)O. The van der Waals surface area contributed by atoms with Gasteiger partial charge in [-0.25, -0.2) is 4.79 Å².